The zero-order chi connectivity index (χ0) is 23.9. The Kier molecular flexibility index (Phi) is 6.35. The molecule has 33 heavy (non-hydrogen) atoms. The highest BCUT2D eigenvalue weighted by Crippen LogP contribution is 2.42. The lowest BCUT2D eigenvalue weighted by molar-refractivity contribution is -0.139. The van der Waals surface area contributed by atoms with Crippen molar-refractivity contribution in [2.75, 3.05) is 25.9 Å². The number of hydrogen-bond acceptors (Lipinski definition) is 2. The summed E-state index contributed by atoms with van der Waals surface area (Å²) in [6.45, 7) is 2.29. The van der Waals surface area contributed by atoms with Gasteiger partial charge in [0.2, 0.25) is 5.91 Å². The van der Waals surface area contributed by atoms with Gasteiger partial charge in [-0.15, -0.1) is 0 Å². The van der Waals surface area contributed by atoms with E-state index in [1.807, 2.05) is 16.4 Å². The lowest BCUT2D eigenvalue weighted by Gasteiger charge is -2.49. The van der Waals surface area contributed by atoms with Crippen molar-refractivity contribution >= 4 is 21.5 Å². The van der Waals surface area contributed by atoms with E-state index in [1.54, 1.807) is 17.2 Å². The van der Waals surface area contributed by atoms with Crippen LogP contribution in [-0.4, -0.2) is 51.1 Å². The van der Waals surface area contributed by atoms with Gasteiger partial charge in [-0.2, -0.15) is 13.2 Å². The molecule has 178 valence electrons. The van der Waals surface area contributed by atoms with Crippen LogP contribution in [0.3, 0.4) is 0 Å². The van der Waals surface area contributed by atoms with E-state index in [0.717, 1.165) is 24.5 Å². The molecule has 1 unspecified atom stereocenters. The lowest BCUT2D eigenvalue weighted by atomic mass is 9.69. The topological polar surface area (TPSA) is 40.6 Å². The Hall–Kier alpha value is -2.32. The molecule has 0 N–H and O–H groups in total. The average molecular weight is 479 g/mol. The summed E-state index contributed by atoms with van der Waals surface area (Å²) in [7, 11) is -2.37. The van der Waals surface area contributed by atoms with Crippen molar-refractivity contribution in [3.63, 3.8) is 0 Å². The number of alkyl halides is 3. The van der Waals surface area contributed by atoms with E-state index in [1.165, 1.54) is 17.7 Å². The number of nitrogens with zero attached hydrogens (tertiary/aromatic N) is 2. The second-order valence-electron chi connectivity index (χ2n) is 9.23. The summed E-state index contributed by atoms with van der Waals surface area (Å²) in [5.41, 5.74) is 1.66. The molecule has 0 bridgehead atoms. The maximum Gasteiger partial charge on any atom is 0.416 e. The third-order valence-electron chi connectivity index (χ3n) is 6.96. The van der Waals surface area contributed by atoms with Crippen LogP contribution < -0.4 is 0 Å². The molecular weight excluding hydrogens is 449 g/mol. The third kappa shape index (κ3) is 4.96. The van der Waals surface area contributed by atoms with Gasteiger partial charge in [0.1, 0.15) is 0 Å². The monoisotopic (exact) mass is 478 g/mol. The van der Waals surface area contributed by atoms with Crippen LogP contribution in [0.2, 0.25) is 0 Å². The van der Waals surface area contributed by atoms with Crippen molar-refractivity contribution in [1.82, 2.24) is 9.21 Å². The molecule has 1 atom stereocenters. The van der Waals surface area contributed by atoms with Gasteiger partial charge in [0.15, 0.2) is 0 Å². The van der Waals surface area contributed by atoms with E-state index in [4.69, 9.17) is 0 Å². The van der Waals surface area contributed by atoms with Gasteiger partial charge >= 0.3 is 6.18 Å². The Morgan fingerprint density at radius 3 is 2.39 bits per heavy atom. The van der Waals surface area contributed by atoms with E-state index in [9.17, 15) is 22.2 Å². The minimum absolute atomic E-state index is 0.0461. The molecule has 8 heteroatoms. The molecule has 1 saturated heterocycles. The fraction of sp³-hybridized carbons (Fsp3) is 0.440. The molecule has 1 fully saturated rings. The second kappa shape index (κ2) is 8.80. The fourth-order valence-corrected chi connectivity index (χ4v) is 6.08. The number of carbonyl (C=O) groups excluding carboxylic acids is 1. The SMILES string of the molecule is C=S(C)(=O)N1Cc2ccccc2C2(CCN(C(=O)CCc3ccccc3C(F)(F)F)CC2)C1. The summed E-state index contributed by atoms with van der Waals surface area (Å²) in [4.78, 5) is 14.6. The quantitative estimate of drug-likeness (QED) is 0.616. The fourth-order valence-electron chi connectivity index (χ4n) is 5.14. The summed E-state index contributed by atoms with van der Waals surface area (Å²) in [5, 5.41) is 0. The summed E-state index contributed by atoms with van der Waals surface area (Å²) < 4.78 is 54.4. The smallest absolute Gasteiger partial charge is 0.343 e. The van der Waals surface area contributed by atoms with Crippen molar-refractivity contribution in [1.29, 1.82) is 0 Å². The van der Waals surface area contributed by atoms with Gasteiger partial charge in [0, 0.05) is 54.0 Å². The number of hydrogen-bond donors (Lipinski definition) is 0. The number of rotatable bonds is 4. The van der Waals surface area contributed by atoms with Crippen LogP contribution in [0.15, 0.2) is 48.5 Å². The molecule has 2 aromatic carbocycles. The normalized spacial score (nSPS) is 20.3. The van der Waals surface area contributed by atoms with E-state index in [0.29, 0.717) is 26.2 Å². The Bertz CT molecular complexity index is 1140. The number of fused-ring (bicyclic) bond motifs is 2. The Labute approximate surface area is 193 Å². The van der Waals surface area contributed by atoms with Crippen molar-refractivity contribution < 1.29 is 22.2 Å². The number of amides is 1. The van der Waals surface area contributed by atoms with Gasteiger partial charge < -0.3 is 4.90 Å². The first-order valence-electron chi connectivity index (χ1n) is 11.1. The van der Waals surface area contributed by atoms with Gasteiger partial charge in [0.05, 0.1) is 5.56 Å². The van der Waals surface area contributed by atoms with Crippen LogP contribution in [-0.2, 0) is 39.1 Å². The first-order valence-corrected chi connectivity index (χ1v) is 13.2. The molecule has 4 nitrogen and oxygen atoms in total. The van der Waals surface area contributed by atoms with Crippen molar-refractivity contribution in [3.05, 3.63) is 70.8 Å². The van der Waals surface area contributed by atoms with Crippen LogP contribution >= 0.6 is 0 Å². The highest BCUT2D eigenvalue weighted by molar-refractivity contribution is 7.97. The van der Waals surface area contributed by atoms with Crippen LogP contribution in [0, 0.1) is 0 Å². The molecule has 1 amide bonds. The van der Waals surface area contributed by atoms with Gasteiger partial charge in [0.25, 0.3) is 0 Å². The van der Waals surface area contributed by atoms with Crippen molar-refractivity contribution in [3.8, 4) is 0 Å². The highest BCUT2D eigenvalue weighted by Gasteiger charge is 2.43. The molecule has 2 aliphatic rings. The minimum Gasteiger partial charge on any atom is -0.343 e. The van der Waals surface area contributed by atoms with Crippen molar-refractivity contribution in [2.24, 2.45) is 0 Å². The third-order valence-corrected chi connectivity index (χ3v) is 8.32. The highest BCUT2D eigenvalue weighted by atomic mass is 32.2. The average Bonchev–Trinajstić information content (AvgIpc) is 2.77. The number of benzene rings is 2. The van der Waals surface area contributed by atoms with Gasteiger partial charge in [-0.3, -0.25) is 9.00 Å². The maximum atomic E-state index is 13.2. The van der Waals surface area contributed by atoms with Gasteiger partial charge in [-0.05, 0) is 47.9 Å². The second-order valence-corrected chi connectivity index (χ2v) is 11.7. The first kappa shape index (κ1) is 23.8. The largest absolute Gasteiger partial charge is 0.416 e. The molecular formula is C25H29F3N2O2S. The number of piperidine rings is 1. The predicted molar refractivity (Wildman–Crippen MR) is 125 cm³/mol. The summed E-state index contributed by atoms with van der Waals surface area (Å²) in [6, 6.07) is 13.6. The van der Waals surface area contributed by atoms with Crippen LogP contribution in [0.4, 0.5) is 13.2 Å². The number of carbonyl (C=O) groups is 1. The van der Waals surface area contributed by atoms with Gasteiger partial charge in [-0.25, -0.2) is 4.31 Å². The molecule has 0 aromatic heterocycles. The Morgan fingerprint density at radius 2 is 1.73 bits per heavy atom. The zero-order valence-electron chi connectivity index (χ0n) is 18.7. The predicted octanol–water partition coefficient (Wildman–Crippen LogP) is 4.28. The molecule has 1 spiro atoms. The molecule has 0 saturated carbocycles. The molecule has 2 heterocycles. The molecule has 0 radical (unpaired) electrons. The van der Waals surface area contributed by atoms with E-state index >= 15 is 0 Å². The van der Waals surface area contributed by atoms with E-state index < -0.39 is 21.4 Å². The van der Waals surface area contributed by atoms with E-state index in [2.05, 4.69) is 18.0 Å². The molecule has 0 aliphatic carbocycles. The number of likely N-dealkylation sites (tertiary alicyclic amines) is 1. The van der Waals surface area contributed by atoms with E-state index in [-0.39, 0.29) is 29.7 Å². The standard InChI is InChI=1S/C25H29F3N2O2S/c1-33(2,32)30-17-20-8-4-5-9-21(20)24(18-30)13-15-29(16-14-24)23(31)12-11-19-7-3-6-10-22(19)25(26,27)28/h3-10H,1,11-18H2,2H3. The Balaban J connectivity index is 1.45. The summed E-state index contributed by atoms with van der Waals surface area (Å²) >= 11 is 0. The van der Waals surface area contributed by atoms with Crippen molar-refractivity contribution in [2.45, 2.75) is 43.8 Å². The Morgan fingerprint density at radius 1 is 1.09 bits per heavy atom. The molecule has 2 aromatic rings. The molecule has 2 aliphatic heterocycles. The lowest BCUT2D eigenvalue weighted by Crippen LogP contribution is -2.53. The summed E-state index contributed by atoms with van der Waals surface area (Å²) in [6.07, 6.45) is -1.21. The number of halogens is 3. The van der Waals surface area contributed by atoms with Crippen LogP contribution in [0.5, 0.6) is 0 Å². The van der Waals surface area contributed by atoms with Crippen LogP contribution in [0.25, 0.3) is 0 Å². The maximum absolute atomic E-state index is 13.2. The zero-order valence-corrected chi connectivity index (χ0v) is 19.6. The van der Waals surface area contributed by atoms with Gasteiger partial charge in [-0.1, -0.05) is 42.5 Å². The summed E-state index contributed by atoms with van der Waals surface area (Å²) in [5.74, 6) is 3.75. The number of aryl methyl sites for hydroxylation is 1. The minimum atomic E-state index is -4.43. The molecule has 4 rings (SSSR count). The first-order chi connectivity index (χ1) is 15.5. The van der Waals surface area contributed by atoms with Crippen LogP contribution in [0.1, 0.15) is 41.5 Å².